The molecule has 1 N–H and O–H groups in total. The first-order valence-electron chi connectivity index (χ1n) is 7.09. The van der Waals surface area contributed by atoms with Crippen LogP contribution in [0.1, 0.15) is 22.9 Å². The lowest BCUT2D eigenvalue weighted by atomic mass is 10.1. The minimum Gasteiger partial charge on any atom is -0.497 e. The predicted octanol–water partition coefficient (Wildman–Crippen LogP) is 1.29. The van der Waals surface area contributed by atoms with Gasteiger partial charge in [0.15, 0.2) is 0 Å². The van der Waals surface area contributed by atoms with Gasteiger partial charge in [-0.25, -0.2) is 9.97 Å². The van der Waals surface area contributed by atoms with Crippen molar-refractivity contribution in [1.29, 1.82) is 0 Å². The lowest BCUT2D eigenvalue weighted by Crippen LogP contribution is -2.35. The highest BCUT2D eigenvalue weighted by molar-refractivity contribution is 5.84. The van der Waals surface area contributed by atoms with E-state index in [2.05, 4.69) is 15.3 Å². The summed E-state index contributed by atoms with van der Waals surface area (Å²) in [7, 11) is 3.44. The highest BCUT2D eigenvalue weighted by Crippen LogP contribution is 2.24. The van der Waals surface area contributed by atoms with Crippen LogP contribution in [0.25, 0.3) is 0 Å². The zero-order valence-corrected chi connectivity index (χ0v) is 12.6. The predicted molar refractivity (Wildman–Crippen MR) is 81.1 cm³/mol. The molecule has 0 aliphatic carbocycles. The Morgan fingerprint density at radius 3 is 2.91 bits per heavy atom. The number of likely N-dealkylation sites (N-methyl/N-ethyl adjacent to an activating group) is 1. The third-order valence-electron chi connectivity index (χ3n) is 3.81. The molecule has 1 unspecified atom stereocenters. The van der Waals surface area contributed by atoms with E-state index in [0.29, 0.717) is 13.1 Å². The summed E-state index contributed by atoms with van der Waals surface area (Å²) in [5.74, 6) is 0.825. The van der Waals surface area contributed by atoms with Crippen LogP contribution in [0.4, 0.5) is 0 Å². The zero-order chi connectivity index (χ0) is 15.5. The average Bonchev–Trinajstić information content (AvgIpc) is 2.99. The van der Waals surface area contributed by atoms with E-state index in [9.17, 15) is 4.79 Å². The summed E-state index contributed by atoms with van der Waals surface area (Å²) in [5.41, 5.74) is 2.82. The summed E-state index contributed by atoms with van der Waals surface area (Å²) in [6, 6.07) is 7.35. The van der Waals surface area contributed by atoms with Crippen molar-refractivity contribution >= 4 is 5.91 Å². The van der Waals surface area contributed by atoms with Gasteiger partial charge in [0, 0.05) is 31.9 Å². The Hall–Kier alpha value is -2.47. The SMILES string of the molecule is COc1ccc(CN(C)C(=O)C2NCc3ncncc32)cc1. The molecule has 0 spiro atoms. The van der Waals surface area contributed by atoms with Crippen molar-refractivity contribution in [3.8, 4) is 5.75 Å². The molecule has 1 amide bonds. The summed E-state index contributed by atoms with van der Waals surface area (Å²) in [6.07, 6.45) is 3.22. The number of amides is 1. The molecule has 1 aliphatic heterocycles. The van der Waals surface area contributed by atoms with Gasteiger partial charge in [0.05, 0.1) is 12.8 Å². The normalized spacial score (nSPS) is 16.2. The maximum atomic E-state index is 12.6. The van der Waals surface area contributed by atoms with E-state index in [4.69, 9.17) is 4.74 Å². The molecule has 0 saturated carbocycles. The van der Waals surface area contributed by atoms with Gasteiger partial charge in [-0.15, -0.1) is 0 Å². The standard InChI is InChI=1S/C16H18N4O2/c1-20(9-11-3-5-12(22-2)6-4-11)16(21)15-13-7-17-10-19-14(13)8-18-15/h3-7,10,15,18H,8-9H2,1-2H3. The Morgan fingerprint density at radius 2 is 2.18 bits per heavy atom. The van der Waals surface area contributed by atoms with Crippen molar-refractivity contribution < 1.29 is 9.53 Å². The minimum absolute atomic E-state index is 0.0179. The summed E-state index contributed by atoms with van der Waals surface area (Å²) >= 11 is 0. The number of methoxy groups -OCH3 is 1. The topological polar surface area (TPSA) is 67.3 Å². The van der Waals surface area contributed by atoms with Crippen LogP contribution >= 0.6 is 0 Å². The van der Waals surface area contributed by atoms with E-state index in [-0.39, 0.29) is 11.9 Å². The molecule has 1 atom stereocenters. The number of aromatic nitrogens is 2. The Kier molecular flexibility index (Phi) is 4.02. The second kappa shape index (κ2) is 6.11. The van der Waals surface area contributed by atoms with E-state index in [1.54, 1.807) is 25.3 Å². The van der Waals surface area contributed by atoms with Crippen LogP contribution in [0, 0.1) is 0 Å². The molecule has 1 aliphatic rings. The summed E-state index contributed by atoms with van der Waals surface area (Å²) in [4.78, 5) is 22.5. The lowest BCUT2D eigenvalue weighted by Gasteiger charge is -2.21. The van der Waals surface area contributed by atoms with E-state index in [1.165, 1.54) is 6.33 Å². The van der Waals surface area contributed by atoms with Gasteiger partial charge in [0.25, 0.3) is 0 Å². The van der Waals surface area contributed by atoms with Crippen LogP contribution in [0.2, 0.25) is 0 Å². The second-order valence-electron chi connectivity index (χ2n) is 5.28. The number of hydrogen-bond donors (Lipinski definition) is 1. The molecule has 6 nitrogen and oxygen atoms in total. The molecule has 0 saturated heterocycles. The quantitative estimate of drug-likeness (QED) is 0.921. The third kappa shape index (κ3) is 2.78. The van der Waals surface area contributed by atoms with Crippen molar-refractivity contribution in [3.05, 3.63) is 53.6 Å². The number of hydrogen-bond acceptors (Lipinski definition) is 5. The smallest absolute Gasteiger partial charge is 0.244 e. The van der Waals surface area contributed by atoms with Gasteiger partial charge in [-0.1, -0.05) is 12.1 Å². The molecule has 2 heterocycles. The van der Waals surface area contributed by atoms with Crippen molar-refractivity contribution in [3.63, 3.8) is 0 Å². The van der Waals surface area contributed by atoms with Crippen molar-refractivity contribution in [2.24, 2.45) is 0 Å². The Bertz CT molecular complexity index is 672. The fourth-order valence-electron chi connectivity index (χ4n) is 2.59. The van der Waals surface area contributed by atoms with Gasteiger partial charge < -0.3 is 9.64 Å². The van der Waals surface area contributed by atoms with Crippen molar-refractivity contribution in [2.75, 3.05) is 14.2 Å². The molecule has 2 aromatic rings. The van der Waals surface area contributed by atoms with Crippen LogP contribution < -0.4 is 10.1 Å². The largest absolute Gasteiger partial charge is 0.497 e. The van der Waals surface area contributed by atoms with Crippen LogP contribution in [-0.2, 0) is 17.9 Å². The van der Waals surface area contributed by atoms with Crippen LogP contribution in [0.5, 0.6) is 5.75 Å². The summed E-state index contributed by atoms with van der Waals surface area (Å²) < 4.78 is 5.14. The maximum Gasteiger partial charge on any atom is 0.244 e. The Morgan fingerprint density at radius 1 is 1.41 bits per heavy atom. The highest BCUT2D eigenvalue weighted by Gasteiger charge is 2.31. The Labute approximate surface area is 129 Å². The number of fused-ring (bicyclic) bond motifs is 1. The fraction of sp³-hybridized carbons (Fsp3) is 0.312. The van der Waals surface area contributed by atoms with Crippen LogP contribution in [0.3, 0.4) is 0 Å². The van der Waals surface area contributed by atoms with Gasteiger partial charge in [-0.05, 0) is 17.7 Å². The van der Waals surface area contributed by atoms with E-state index in [1.807, 2.05) is 24.3 Å². The summed E-state index contributed by atoms with van der Waals surface area (Å²) in [6.45, 7) is 1.15. The first kappa shape index (κ1) is 14.5. The van der Waals surface area contributed by atoms with Gasteiger partial charge in [0.2, 0.25) is 5.91 Å². The van der Waals surface area contributed by atoms with E-state index < -0.39 is 0 Å². The molecule has 0 bridgehead atoms. The van der Waals surface area contributed by atoms with Gasteiger partial charge in [-0.3, -0.25) is 10.1 Å². The van der Waals surface area contributed by atoms with Crippen molar-refractivity contribution in [2.45, 2.75) is 19.1 Å². The number of carbonyl (C=O) groups excluding carboxylic acids is 1. The molecule has 1 aromatic carbocycles. The van der Waals surface area contributed by atoms with Crippen molar-refractivity contribution in [1.82, 2.24) is 20.2 Å². The molecular weight excluding hydrogens is 280 g/mol. The number of ether oxygens (including phenoxy) is 1. The van der Waals surface area contributed by atoms with Gasteiger partial charge in [0.1, 0.15) is 18.1 Å². The summed E-state index contributed by atoms with van der Waals surface area (Å²) in [5, 5.41) is 3.19. The van der Waals surface area contributed by atoms with Crippen LogP contribution in [-0.4, -0.2) is 34.9 Å². The number of nitrogens with one attached hydrogen (secondary N) is 1. The maximum absolute atomic E-state index is 12.6. The molecule has 1 aromatic heterocycles. The average molecular weight is 298 g/mol. The number of carbonyl (C=O) groups is 1. The van der Waals surface area contributed by atoms with Crippen LogP contribution in [0.15, 0.2) is 36.8 Å². The zero-order valence-electron chi connectivity index (χ0n) is 12.6. The second-order valence-corrected chi connectivity index (χ2v) is 5.28. The van der Waals surface area contributed by atoms with E-state index in [0.717, 1.165) is 22.6 Å². The number of nitrogens with zero attached hydrogens (tertiary/aromatic N) is 3. The first-order valence-corrected chi connectivity index (χ1v) is 7.09. The fourth-order valence-corrected chi connectivity index (χ4v) is 2.59. The third-order valence-corrected chi connectivity index (χ3v) is 3.81. The van der Waals surface area contributed by atoms with Gasteiger partial charge in [-0.2, -0.15) is 0 Å². The highest BCUT2D eigenvalue weighted by atomic mass is 16.5. The Balaban J connectivity index is 1.70. The lowest BCUT2D eigenvalue weighted by molar-refractivity contribution is -0.132. The molecule has 0 fully saturated rings. The minimum atomic E-state index is -0.362. The van der Waals surface area contributed by atoms with Gasteiger partial charge >= 0.3 is 0 Å². The molecule has 22 heavy (non-hydrogen) atoms. The molecule has 0 radical (unpaired) electrons. The molecular formula is C16H18N4O2. The van der Waals surface area contributed by atoms with E-state index >= 15 is 0 Å². The molecule has 114 valence electrons. The first-order chi connectivity index (χ1) is 10.7. The monoisotopic (exact) mass is 298 g/mol. The molecule has 6 heteroatoms. The number of rotatable bonds is 4. The number of benzene rings is 1. The molecule has 3 rings (SSSR count).